The minimum absolute atomic E-state index is 0.176. The van der Waals surface area contributed by atoms with Gasteiger partial charge >= 0.3 is 15.3 Å². The topological polar surface area (TPSA) is 55.8 Å². The molecule has 0 radical (unpaired) electrons. The van der Waals surface area contributed by atoms with Crippen LogP contribution in [0, 0.1) is 0 Å². The average molecular weight is 220 g/mol. The molecule has 5 heteroatoms. The molecule has 0 unspecified atom stereocenters. The van der Waals surface area contributed by atoms with Gasteiger partial charge < -0.3 is 14.0 Å². The number of rotatable bonds is 5. The zero-order chi connectivity index (χ0) is 11.6. The van der Waals surface area contributed by atoms with Crippen LogP contribution >= 0.6 is 0 Å². The molecule has 0 aliphatic carbocycles. The van der Waals surface area contributed by atoms with Gasteiger partial charge in [-0.2, -0.15) is 0 Å². The van der Waals surface area contributed by atoms with E-state index in [1.54, 1.807) is 0 Å². The van der Waals surface area contributed by atoms with Crippen LogP contribution in [0.5, 0.6) is 0 Å². The second kappa shape index (κ2) is 10.4. The molecule has 4 nitrogen and oxygen atoms in total. The molecular weight excluding hydrogens is 200 g/mol. The largest absolute Gasteiger partial charge is 0.478 e. The second-order valence-electron chi connectivity index (χ2n) is 2.56. The van der Waals surface area contributed by atoms with Crippen LogP contribution in [-0.2, 0) is 13.6 Å². The Hall–Kier alpha value is -0.653. The fourth-order valence-electron chi connectivity index (χ4n) is 0.518. The minimum atomic E-state index is -1.20. The van der Waals surface area contributed by atoms with Crippen molar-refractivity contribution in [1.82, 2.24) is 0 Å². The molecule has 0 aromatic carbocycles. The van der Waals surface area contributed by atoms with E-state index in [-0.39, 0.29) is 5.57 Å². The first-order chi connectivity index (χ1) is 6.45. The SMILES string of the molecule is C=C(C)C(=O)O.CCO[SiH](C)OCC. The third-order valence-electron chi connectivity index (χ3n) is 1.17. The van der Waals surface area contributed by atoms with Crippen molar-refractivity contribution < 1.29 is 18.8 Å². The normalized spacial score (nSPS) is 9.21. The molecule has 0 bridgehead atoms. The lowest BCUT2D eigenvalue weighted by molar-refractivity contribution is -0.132. The molecule has 0 spiro atoms. The van der Waals surface area contributed by atoms with Gasteiger partial charge in [0.1, 0.15) is 0 Å². The van der Waals surface area contributed by atoms with E-state index < -0.39 is 15.3 Å². The number of hydrogen-bond acceptors (Lipinski definition) is 3. The Kier molecular flexibility index (Phi) is 11.8. The molecule has 14 heavy (non-hydrogen) atoms. The van der Waals surface area contributed by atoms with Crippen LogP contribution in [0.15, 0.2) is 12.2 Å². The highest BCUT2D eigenvalue weighted by Crippen LogP contribution is 1.85. The van der Waals surface area contributed by atoms with Crippen molar-refractivity contribution in [3.05, 3.63) is 12.2 Å². The van der Waals surface area contributed by atoms with Crippen LogP contribution in [0.2, 0.25) is 6.55 Å². The van der Waals surface area contributed by atoms with E-state index >= 15 is 0 Å². The van der Waals surface area contributed by atoms with E-state index in [4.69, 9.17) is 14.0 Å². The number of aliphatic carboxylic acids is 1. The zero-order valence-electron chi connectivity index (χ0n) is 9.37. The molecule has 0 fully saturated rings. The number of carboxylic acid groups (broad SMARTS) is 1. The summed E-state index contributed by atoms with van der Waals surface area (Å²) in [5, 5.41) is 7.89. The van der Waals surface area contributed by atoms with Gasteiger partial charge in [-0.1, -0.05) is 6.58 Å². The van der Waals surface area contributed by atoms with Crippen molar-refractivity contribution in [2.24, 2.45) is 0 Å². The summed E-state index contributed by atoms with van der Waals surface area (Å²) in [7, 11) is -1.20. The van der Waals surface area contributed by atoms with Gasteiger partial charge in [0.15, 0.2) is 0 Å². The first kappa shape index (κ1) is 15.8. The maximum atomic E-state index is 9.60. The molecule has 0 aromatic heterocycles. The van der Waals surface area contributed by atoms with Crippen LogP contribution in [0.3, 0.4) is 0 Å². The highest BCUT2D eigenvalue weighted by atomic mass is 28.3. The Morgan fingerprint density at radius 2 is 1.64 bits per heavy atom. The lowest BCUT2D eigenvalue weighted by atomic mass is 10.4. The van der Waals surface area contributed by atoms with Gasteiger partial charge in [-0.3, -0.25) is 0 Å². The van der Waals surface area contributed by atoms with E-state index in [9.17, 15) is 4.79 Å². The monoisotopic (exact) mass is 220 g/mol. The molecule has 0 saturated carbocycles. The molecular formula is C9H20O4Si. The number of carbonyl (C=O) groups is 1. The Morgan fingerprint density at radius 1 is 1.36 bits per heavy atom. The third kappa shape index (κ3) is 13.9. The van der Waals surface area contributed by atoms with Crippen molar-refractivity contribution in [3.8, 4) is 0 Å². The summed E-state index contributed by atoms with van der Waals surface area (Å²) in [4.78, 5) is 9.60. The lowest BCUT2D eigenvalue weighted by Crippen LogP contribution is -2.17. The predicted molar refractivity (Wildman–Crippen MR) is 58.7 cm³/mol. The quantitative estimate of drug-likeness (QED) is 0.564. The molecule has 0 heterocycles. The Labute approximate surface area is 87.4 Å². The Balaban J connectivity index is 0. The molecule has 1 N–H and O–H groups in total. The van der Waals surface area contributed by atoms with Gasteiger partial charge in [0.05, 0.1) is 0 Å². The average Bonchev–Trinajstić information content (AvgIpc) is 2.06. The zero-order valence-corrected chi connectivity index (χ0v) is 10.5. The van der Waals surface area contributed by atoms with E-state index in [0.29, 0.717) is 0 Å². The van der Waals surface area contributed by atoms with Crippen LogP contribution in [-0.4, -0.2) is 33.6 Å². The van der Waals surface area contributed by atoms with Crippen LogP contribution in [0.4, 0.5) is 0 Å². The summed E-state index contributed by atoms with van der Waals surface area (Å²) in [5.74, 6) is -0.935. The van der Waals surface area contributed by atoms with Gasteiger partial charge in [-0.05, 0) is 27.3 Å². The molecule has 0 amide bonds. The third-order valence-corrected chi connectivity index (χ3v) is 2.77. The lowest BCUT2D eigenvalue weighted by Gasteiger charge is -2.07. The smallest absolute Gasteiger partial charge is 0.330 e. The molecule has 0 aromatic rings. The van der Waals surface area contributed by atoms with Crippen molar-refractivity contribution >= 4 is 15.3 Å². The van der Waals surface area contributed by atoms with Crippen molar-refractivity contribution in [3.63, 3.8) is 0 Å². The number of hydrogen-bond donors (Lipinski definition) is 1. The molecule has 0 aliphatic heterocycles. The van der Waals surface area contributed by atoms with Crippen LogP contribution in [0.25, 0.3) is 0 Å². The van der Waals surface area contributed by atoms with Gasteiger partial charge in [-0.15, -0.1) is 0 Å². The first-order valence-corrected chi connectivity index (χ1v) is 6.67. The molecule has 0 aliphatic rings. The van der Waals surface area contributed by atoms with Crippen LogP contribution < -0.4 is 0 Å². The van der Waals surface area contributed by atoms with E-state index in [1.807, 2.05) is 20.4 Å². The van der Waals surface area contributed by atoms with Gasteiger partial charge in [0, 0.05) is 18.8 Å². The van der Waals surface area contributed by atoms with Gasteiger partial charge in [0.2, 0.25) is 0 Å². The van der Waals surface area contributed by atoms with E-state index in [2.05, 4.69) is 6.58 Å². The summed E-state index contributed by atoms with van der Waals surface area (Å²) in [6, 6.07) is 0. The molecule has 0 rings (SSSR count). The second-order valence-corrected chi connectivity index (χ2v) is 4.37. The fourth-order valence-corrected chi connectivity index (χ4v) is 1.55. The van der Waals surface area contributed by atoms with Crippen LogP contribution in [0.1, 0.15) is 20.8 Å². The van der Waals surface area contributed by atoms with Crippen molar-refractivity contribution in [2.75, 3.05) is 13.2 Å². The van der Waals surface area contributed by atoms with E-state index in [1.165, 1.54) is 6.92 Å². The predicted octanol–water partition coefficient (Wildman–Crippen LogP) is 1.56. The highest BCUT2D eigenvalue weighted by Gasteiger charge is 1.99. The summed E-state index contributed by atoms with van der Waals surface area (Å²) in [6.07, 6.45) is 0. The molecule has 84 valence electrons. The Morgan fingerprint density at radius 3 is 1.79 bits per heavy atom. The molecule has 0 atom stereocenters. The van der Waals surface area contributed by atoms with Crippen molar-refractivity contribution in [2.45, 2.75) is 27.3 Å². The summed E-state index contributed by atoms with van der Waals surface area (Å²) in [5.41, 5.74) is 0.176. The van der Waals surface area contributed by atoms with Crippen molar-refractivity contribution in [1.29, 1.82) is 0 Å². The van der Waals surface area contributed by atoms with Gasteiger partial charge in [0.25, 0.3) is 0 Å². The van der Waals surface area contributed by atoms with Gasteiger partial charge in [-0.25, -0.2) is 4.79 Å². The fraction of sp³-hybridized carbons (Fsp3) is 0.667. The summed E-state index contributed by atoms with van der Waals surface area (Å²) in [6.45, 7) is 12.2. The maximum absolute atomic E-state index is 9.60. The molecule has 0 saturated heterocycles. The maximum Gasteiger partial charge on any atom is 0.330 e. The highest BCUT2D eigenvalue weighted by molar-refractivity contribution is 6.42. The van der Waals surface area contributed by atoms with E-state index in [0.717, 1.165) is 13.2 Å². The number of carboxylic acids is 1. The Bertz CT molecular complexity index is 152. The first-order valence-electron chi connectivity index (χ1n) is 4.57. The minimum Gasteiger partial charge on any atom is -0.478 e. The standard InChI is InChI=1S/C5H14O2Si.C4H6O2/c1-4-6-8(3)7-5-2;1-3(2)4(5)6/h8H,4-5H2,1-3H3;1H2,2H3,(H,5,6). The summed E-state index contributed by atoms with van der Waals surface area (Å²) < 4.78 is 10.4. The summed E-state index contributed by atoms with van der Waals surface area (Å²) >= 11 is 0.